The number of benzene rings is 2. The van der Waals surface area contributed by atoms with E-state index in [1.54, 1.807) is 24.3 Å². The monoisotopic (exact) mass is 362 g/mol. The van der Waals surface area contributed by atoms with E-state index < -0.39 is 0 Å². The summed E-state index contributed by atoms with van der Waals surface area (Å²) in [6, 6.07) is 14.7. The van der Waals surface area contributed by atoms with Gasteiger partial charge in [0.15, 0.2) is 0 Å². The van der Waals surface area contributed by atoms with Gasteiger partial charge in [-0.15, -0.1) is 0 Å². The normalized spacial score (nSPS) is 17.3. The highest BCUT2D eigenvalue weighted by atomic mass is 16.2. The molecule has 6 nitrogen and oxygen atoms in total. The van der Waals surface area contributed by atoms with Gasteiger partial charge in [-0.2, -0.15) is 0 Å². The van der Waals surface area contributed by atoms with E-state index in [0.29, 0.717) is 17.8 Å². The van der Waals surface area contributed by atoms with E-state index in [-0.39, 0.29) is 49.3 Å². The van der Waals surface area contributed by atoms with Gasteiger partial charge in [0, 0.05) is 25.7 Å². The second-order valence-electron chi connectivity index (χ2n) is 6.76. The van der Waals surface area contributed by atoms with Gasteiger partial charge in [-0.05, 0) is 41.8 Å². The van der Waals surface area contributed by atoms with E-state index in [4.69, 9.17) is 0 Å². The summed E-state index contributed by atoms with van der Waals surface area (Å²) in [7, 11) is 0. The molecule has 0 aromatic heterocycles. The van der Waals surface area contributed by atoms with E-state index in [0.717, 1.165) is 11.1 Å². The Hall–Kier alpha value is -3.28. The fraction of sp³-hybridized carbons (Fsp3) is 0.238. The zero-order valence-corrected chi connectivity index (χ0v) is 14.7. The standard InChI is InChI=1S/C21H18N2O4/c24-18-9-10-19(25)22(18)16-5-1-14(2-6-16)13-15-3-7-17(8-4-15)23-20(26)11-12-21(23)27/h1-8H,9-13H2. The number of hydrogen-bond acceptors (Lipinski definition) is 4. The lowest BCUT2D eigenvalue weighted by Gasteiger charge is -2.15. The van der Waals surface area contributed by atoms with Crippen LogP contribution >= 0.6 is 0 Å². The summed E-state index contributed by atoms with van der Waals surface area (Å²) < 4.78 is 0. The van der Waals surface area contributed by atoms with Crippen molar-refractivity contribution < 1.29 is 19.2 Å². The van der Waals surface area contributed by atoms with Gasteiger partial charge in [0.05, 0.1) is 11.4 Å². The first kappa shape index (κ1) is 17.1. The first-order chi connectivity index (χ1) is 13.0. The van der Waals surface area contributed by atoms with Crippen LogP contribution in [0.4, 0.5) is 11.4 Å². The number of rotatable bonds is 4. The van der Waals surface area contributed by atoms with E-state index in [1.165, 1.54) is 9.80 Å². The number of carbonyl (C=O) groups is 4. The minimum absolute atomic E-state index is 0.158. The summed E-state index contributed by atoms with van der Waals surface area (Å²) >= 11 is 0. The van der Waals surface area contributed by atoms with E-state index >= 15 is 0 Å². The lowest BCUT2D eigenvalue weighted by atomic mass is 10.0. The maximum absolute atomic E-state index is 11.8. The average Bonchev–Trinajstić information content (AvgIpc) is 3.18. The maximum Gasteiger partial charge on any atom is 0.234 e. The zero-order chi connectivity index (χ0) is 19.0. The Morgan fingerprint density at radius 2 is 0.815 bits per heavy atom. The quantitative estimate of drug-likeness (QED) is 0.784. The molecule has 2 aliphatic heterocycles. The molecule has 0 bridgehead atoms. The highest BCUT2D eigenvalue weighted by Crippen LogP contribution is 2.25. The van der Waals surface area contributed by atoms with Gasteiger partial charge in [-0.3, -0.25) is 29.0 Å². The zero-order valence-electron chi connectivity index (χ0n) is 14.7. The van der Waals surface area contributed by atoms with Crippen LogP contribution in [0, 0.1) is 0 Å². The first-order valence-electron chi connectivity index (χ1n) is 8.92. The number of hydrogen-bond donors (Lipinski definition) is 0. The van der Waals surface area contributed by atoms with Crippen LogP contribution in [0.3, 0.4) is 0 Å². The predicted octanol–water partition coefficient (Wildman–Crippen LogP) is 2.58. The first-order valence-corrected chi connectivity index (χ1v) is 8.92. The largest absolute Gasteiger partial charge is 0.274 e. The topological polar surface area (TPSA) is 74.8 Å². The minimum Gasteiger partial charge on any atom is -0.274 e. The molecule has 2 fully saturated rings. The van der Waals surface area contributed by atoms with E-state index in [2.05, 4.69) is 0 Å². The lowest BCUT2D eigenvalue weighted by Crippen LogP contribution is -2.28. The molecule has 2 aromatic carbocycles. The van der Waals surface area contributed by atoms with Crippen LogP contribution in [-0.4, -0.2) is 23.6 Å². The van der Waals surface area contributed by atoms with Gasteiger partial charge in [0.25, 0.3) is 0 Å². The predicted molar refractivity (Wildman–Crippen MR) is 99.1 cm³/mol. The molecule has 0 N–H and O–H groups in total. The van der Waals surface area contributed by atoms with Crippen LogP contribution in [-0.2, 0) is 25.6 Å². The van der Waals surface area contributed by atoms with Crippen LogP contribution in [0.2, 0.25) is 0 Å². The maximum atomic E-state index is 11.8. The second-order valence-corrected chi connectivity index (χ2v) is 6.76. The molecule has 0 unspecified atom stereocenters. The number of carbonyl (C=O) groups excluding carboxylic acids is 4. The van der Waals surface area contributed by atoms with Crippen molar-refractivity contribution in [3.05, 3.63) is 59.7 Å². The van der Waals surface area contributed by atoms with Crippen molar-refractivity contribution in [1.82, 2.24) is 0 Å². The second kappa shape index (κ2) is 6.79. The minimum atomic E-state index is -0.158. The van der Waals surface area contributed by atoms with Gasteiger partial charge >= 0.3 is 0 Å². The summed E-state index contributed by atoms with van der Waals surface area (Å²) in [4.78, 5) is 49.7. The number of amides is 4. The molecule has 0 saturated carbocycles. The Labute approximate surface area is 156 Å². The van der Waals surface area contributed by atoms with Crippen molar-refractivity contribution in [2.75, 3.05) is 9.80 Å². The molecule has 2 heterocycles. The number of nitrogens with zero attached hydrogens (tertiary/aromatic N) is 2. The number of anilines is 2. The van der Waals surface area contributed by atoms with Gasteiger partial charge in [0.2, 0.25) is 23.6 Å². The fourth-order valence-electron chi connectivity index (χ4n) is 3.49. The Bertz CT molecular complexity index is 822. The summed E-state index contributed by atoms with van der Waals surface area (Å²) in [6.45, 7) is 0. The molecule has 4 amide bonds. The fourth-order valence-corrected chi connectivity index (χ4v) is 3.49. The molecule has 2 aliphatic rings. The molecule has 0 radical (unpaired) electrons. The molecule has 136 valence electrons. The van der Waals surface area contributed by atoms with Crippen molar-refractivity contribution in [2.24, 2.45) is 0 Å². The number of imide groups is 2. The van der Waals surface area contributed by atoms with Gasteiger partial charge in [0.1, 0.15) is 0 Å². The van der Waals surface area contributed by atoms with Crippen molar-refractivity contribution >= 4 is 35.0 Å². The molecule has 2 saturated heterocycles. The van der Waals surface area contributed by atoms with Crippen molar-refractivity contribution in [1.29, 1.82) is 0 Å². The SMILES string of the molecule is O=C1CCC(=O)N1c1ccc(Cc2ccc(N3C(=O)CCC3=O)cc2)cc1. The average molecular weight is 362 g/mol. The summed E-state index contributed by atoms with van der Waals surface area (Å²) in [5, 5.41) is 0. The van der Waals surface area contributed by atoms with Crippen LogP contribution in [0.1, 0.15) is 36.8 Å². The van der Waals surface area contributed by atoms with Crippen molar-refractivity contribution in [3.63, 3.8) is 0 Å². The molecule has 2 aromatic rings. The third-order valence-electron chi connectivity index (χ3n) is 4.90. The van der Waals surface area contributed by atoms with Crippen LogP contribution in [0.25, 0.3) is 0 Å². The van der Waals surface area contributed by atoms with E-state index in [9.17, 15) is 19.2 Å². The molecule has 0 atom stereocenters. The summed E-state index contributed by atoms with van der Waals surface area (Å²) in [6.07, 6.45) is 1.76. The molecule has 4 rings (SSSR count). The van der Waals surface area contributed by atoms with Gasteiger partial charge < -0.3 is 0 Å². The Morgan fingerprint density at radius 1 is 0.519 bits per heavy atom. The molecule has 0 aliphatic carbocycles. The smallest absolute Gasteiger partial charge is 0.234 e. The highest BCUT2D eigenvalue weighted by Gasteiger charge is 2.31. The van der Waals surface area contributed by atoms with Gasteiger partial charge in [-0.25, -0.2) is 0 Å². The third kappa shape index (κ3) is 3.26. The third-order valence-corrected chi connectivity index (χ3v) is 4.90. The molecule has 0 spiro atoms. The Morgan fingerprint density at radius 3 is 1.11 bits per heavy atom. The van der Waals surface area contributed by atoms with Crippen LogP contribution < -0.4 is 9.80 Å². The highest BCUT2D eigenvalue weighted by molar-refractivity contribution is 6.20. The van der Waals surface area contributed by atoms with E-state index in [1.807, 2.05) is 24.3 Å². The molecular weight excluding hydrogens is 344 g/mol. The molecule has 27 heavy (non-hydrogen) atoms. The van der Waals surface area contributed by atoms with Crippen LogP contribution in [0.5, 0.6) is 0 Å². The van der Waals surface area contributed by atoms with Crippen molar-refractivity contribution in [3.8, 4) is 0 Å². The Balaban J connectivity index is 1.46. The Kier molecular flexibility index (Phi) is 4.32. The van der Waals surface area contributed by atoms with Gasteiger partial charge in [-0.1, -0.05) is 24.3 Å². The summed E-state index contributed by atoms with van der Waals surface area (Å²) in [5.41, 5.74) is 3.29. The lowest BCUT2D eigenvalue weighted by molar-refractivity contribution is -0.122. The molecular formula is C21H18N2O4. The molecule has 6 heteroatoms. The van der Waals surface area contributed by atoms with Crippen molar-refractivity contribution in [2.45, 2.75) is 32.1 Å². The van der Waals surface area contributed by atoms with Crippen LogP contribution in [0.15, 0.2) is 48.5 Å². The summed E-state index contributed by atoms with van der Waals surface area (Å²) in [5.74, 6) is -0.632.